The molecule has 0 aromatic carbocycles. The summed E-state index contributed by atoms with van der Waals surface area (Å²) in [5.41, 5.74) is -0.238. The van der Waals surface area contributed by atoms with Crippen LogP contribution in [0.3, 0.4) is 0 Å². The van der Waals surface area contributed by atoms with Gasteiger partial charge in [-0.15, -0.1) is 0 Å². The minimum absolute atomic E-state index is 0.0277. The highest BCUT2D eigenvalue weighted by atomic mass is 16.5. The smallest absolute Gasteiger partial charge is 0.229 e. The second-order valence-corrected chi connectivity index (χ2v) is 6.64. The van der Waals surface area contributed by atoms with Gasteiger partial charge < -0.3 is 20.5 Å². The molecule has 0 aromatic heterocycles. The summed E-state index contributed by atoms with van der Waals surface area (Å²) in [6.07, 6.45) is 3.99. The van der Waals surface area contributed by atoms with Crippen molar-refractivity contribution >= 4 is 11.8 Å². The Labute approximate surface area is 124 Å². The zero-order valence-corrected chi connectivity index (χ0v) is 12.3. The number of aliphatic hydroxyl groups is 1. The van der Waals surface area contributed by atoms with Crippen molar-refractivity contribution in [3.8, 4) is 0 Å². The van der Waals surface area contributed by atoms with Crippen molar-refractivity contribution in [1.82, 2.24) is 10.6 Å². The number of rotatable bonds is 5. The molecular formula is C15H24N2O4. The normalized spacial score (nSPS) is 30.5. The van der Waals surface area contributed by atoms with Gasteiger partial charge in [0.15, 0.2) is 0 Å². The largest absolute Gasteiger partial charge is 0.392 e. The van der Waals surface area contributed by atoms with E-state index in [0.29, 0.717) is 32.1 Å². The first-order chi connectivity index (χ1) is 10.1. The summed E-state index contributed by atoms with van der Waals surface area (Å²) in [5.74, 6) is 0.163. The van der Waals surface area contributed by atoms with Crippen LogP contribution in [0.1, 0.15) is 38.5 Å². The van der Waals surface area contributed by atoms with Crippen LogP contribution in [0.2, 0.25) is 0 Å². The van der Waals surface area contributed by atoms with E-state index in [-0.39, 0.29) is 35.8 Å². The van der Waals surface area contributed by atoms with E-state index in [2.05, 4.69) is 10.6 Å². The van der Waals surface area contributed by atoms with E-state index in [0.717, 1.165) is 12.8 Å². The minimum Gasteiger partial charge on any atom is -0.392 e. The number of ether oxygens (including phenoxy) is 1. The Morgan fingerprint density at radius 1 is 1.19 bits per heavy atom. The Bertz CT molecular complexity index is 416. The Kier molecular flexibility index (Phi) is 4.17. The number of nitrogens with one attached hydrogen (secondary N) is 2. The first kappa shape index (κ1) is 14.8. The third kappa shape index (κ3) is 3.21. The molecule has 1 spiro atoms. The maximum absolute atomic E-state index is 12.0. The second kappa shape index (κ2) is 5.93. The summed E-state index contributed by atoms with van der Waals surface area (Å²) in [6.45, 7) is 1.95. The van der Waals surface area contributed by atoms with Gasteiger partial charge in [0.25, 0.3) is 0 Å². The quantitative estimate of drug-likeness (QED) is 0.621. The van der Waals surface area contributed by atoms with Gasteiger partial charge in [-0.25, -0.2) is 0 Å². The lowest BCUT2D eigenvalue weighted by Crippen LogP contribution is -2.65. The molecule has 3 fully saturated rings. The van der Waals surface area contributed by atoms with Crippen molar-refractivity contribution in [2.45, 2.75) is 50.7 Å². The SMILES string of the molecule is O=C(CC(=O)N[C@@H]1C[C@@H](O)C12CCOCC2)NCC1CC1. The van der Waals surface area contributed by atoms with Gasteiger partial charge in [-0.1, -0.05) is 0 Å². The van der Waals surface area contributed by atoms with Gasteiger partial charge in [-0.2, -0.15) is 0 Å². The van der Waals surface area contributed by atoms with Gasteiger partial charge in [-0.05, 0) is 38.0 Å². The van der Waals surface area contributed by atoms with Crippen LogP contribution in [0.25, 0.3) is 0 Å². The first-order valence-corrected chi connectivity index (χ1v) is 7.92. The standard InChI is InChI=1S/C15H24N2O4/c18-12-7-11(15(12)3-5-21-6-4-15)17-14(20)8-13(19)16-9-10-1-2-10/h10-12,18H,1-9H2,(H,16,19)(H,17,20)/t11-,12-/m1/s1. The Hall–Kier alpha value is -1.14. The van der Waals surface area contributed by atoms with Crippen LogP contribution in [0.4, 0.5) is 0 Å². The van der Waals surface area contributed by atoms with Gasteiger partial charge in [0.2, 0.25) is 11.8 Å². The highest BCUT2D eigenvalue weighted by Crippen LogP contribution is 2.48. The van der Waals surface area contributed by atoms with Crippen LogP contribution in [0.5, 0.6) is 0 Å². The third-order valence-corrected chi connectivity index (χ3v) is 5.18. The van der Waals surface area contributed by atoms with Crippen LogP contribution in [0.15, 0.2) is 0 Å². The molecule has 21 heavy (non-hydrogen) atoms. The molecule has 1 aliphatic heterocycles. The summed E-state index contributed by atoms with van der Waals surface area (Å²) in [7, 11) is 0. The second-order valence-electron chi connectivity index (χ2n) is 6.64. The van der Waals surface area contributed by atoms with Crippen LogP contribution in [-0.2, 0) is 14.3 Å². The van der Waals surface area contributed by atoms with E-state index in [9.17, 15) is 14.7 Å². The van der Waals surface area contributed by atoms with Gasteiger partial charge in [0.05, 0.1) is 6.10 Å². The molecule has 0 aromatic rings. The molecule has 6 nitrogen and oxygen atoms in total. The number of carbonyl (C=O) groups excluding carboxylic acids is 2. The zero-order chi connectivity index (χ0) is 14.9. The van der Waals surface area contributed by atoms with E-state index in [1.54, 1.807) is 0 Å². The molecule has 6 heteroatoms. The number of amides is 2. The van der Waals surface area contributed by atoms with Gasteiger partial charge >= 0.3 is 0 Å². The van der Waals surface area contributed by atoms with Gasteiger partial charge in [0, 0.05) is 31.2 Å². The fourth-order valence-electron chi connectivity index (χ4n) is 3.43. The lowest BCUT2D eigenvalue weighted by atomic mass is 9.58. The number of hydrogen-bond acceptors (Lipinski definition) is 4. The van der Waals surface area contributed by atoms with Crippen molar-refractivity contribution in [1.29, 1.82) is 0 Å². The molecular weight excluding hydrogens is 272 g/mol. The molecule has 3 rings (SSSR count). The van der Waals surface area contributed by atoms with E-state index in [1.807, 2.05) is 0 Å². The van der Waals surface area contributed by atoms with E-state index in [4.69, 9.17) is 4.74 Å². The molecule has 2 atom stereocenters. The van der Waals surface area contributed by atoms with Crippen LogP contribution >= 0.6 is 0 Å². The topological polar surface area (TPSA) is 87.7 Å². The molecule has 3 N–H and O–H groups in total. The molecule has 0 bridgehead atoms. The molecule has 1 saturated heterocycles. The number of aliphatic hydroxyl groups excluding tert-OH is 1. The van der Waals surface area contributed by atoms with Crippen molar-refractivity contribution in [2.75, 3.05) is 19.8 Å². The Morgan fingerprint density at radius 3 is 2.52 bits per heavy atom. The summed E-state index contributed by atoms with van der Waals surface area (Å²) in [5, 5.41) is 15.8. The Morgan fingerprint density at radius 2 is 1.90 bits per heavy atom. The highest BCUT2D eigenvalue weighted by Gasteiger charge is 2.55. The van der Waals surface area contributed by atoms with Crippen molar-refractivity contribution in [3.63, 3.8) is 0 Å². The predicted molar refractivity (Wildman–Crippen MR) is 75.4 cm³/mol. The van der Waals surface area contributed by atoms with Gasteiger partial charge in [-0.3, -0.25) is 9.59 Å². The lowest BCUT2D eigenvalue weighted by Gasteiger charge is -2.55. The lowest BCUT2D eigenvalue weighted by molar-refractivity contribution is -0.156. The molecule has 2 saturated carbocycles. The summed E-state index contributed by atoms with van der Waals surface area (Å²) >= 11 is 0. The number of carbonyl (C=O) groups is 2. The van der Waals surface area contributed by atoms with Crippen LogP contribution in [0, 0.1) is 11.3 Å². The maximum atomic E-state index is 12.0. The minimum atomic E-state index is -0.365. The molecule has 1 heterocycles. The zero-order valence-electron chi connectivity index (χ0n) is 12.3. The monoisotopic (exact) mass is 296 g/mol. The maximum Gasteiger partial charge on any atom is 0.229 e. The molecule has 2 aliphatic carbocycles. The molecule has 118 valence electrons. The van der Waals surface area contributed by atoms with Crippen molar-refractivity contribution in [2.24, 2.45) is 11.3 Å². The average Bonchev–Trinajstić information content (AvgIpc) is 3.30. The molecule has 0 radical (unpaired) electrons. The summed E-state index contributed by atoms with van der Waals surface area (Å²) < 4.78 is 5.34. The molecule has 3 aliphatic rings. The predicted octanol–water partition coefficient (Wildman–Crippen LogP) is -0.0511. The average molecular weight is 296 g/mol. The third-order valence-electron chi connectivity index (χ3n) is 5.18. The van der Waals surface area contributed by atoms with Crippen molar-refractivity contribution < 1.29 is 19.4 Å². The first-order valence-electron chi connectivity index (χ1n) is 7.92. The van der Waals surface area contributed by atoms with E-state index < -0.39 is 0 Å². The van der Waals surface area contributed by atoms with Crippen molar-refractivity contribution in [3.05, 3.63) is 0 Å². The van der Waals surface area contributed by atoms with E-state index in [1.165, 1.54) is 12.8 Å². The molecule has 2 amide bonds. The highest BCUT2D eigenvalue weighted by molar-refractivity contribution is 5.97. The van der Waals surface area contributed by atoms with Crippen LogP contribution in [-0.4, -0.2) is 48.8 Å². The van der Waals surface area contributed by atoms with Crippen LogP contribution < -0.4 is 10.6 Å². The van der Waals surface area contributed by atoms with E-state index >= 15 is 0 Å². The summed E-state index contributed by atoms with van der Waals surface area (Å²) in [6, 6.07) is -0.0277. The fourth-order valence-corrected chi connectivity index (χ4v) is 3.43. The summed E-state index contributed by atoms with van der Waals surface area (Å²) in [4.78, 5) is 23.6. The fraction of sp³-hybridized carbons (Fsp3) is 0.867. The Balaban J connectivity index is 1.44. The number of hydrogen-bond donors (Lipinski definition) is 3. The van der Waals surface area contributed by atoms with Gasteiger partial charge in [0.1, 0.15) is 6.42 Å². The molecule has 0 unspecified atom stereocenters.